The summed E-state index contributed by atoms with van der Waals surface area (Å²) in [6, 6.07) is 0. The van der Waals surface area contributed by atoms with E-state index in [0.29, 0.717) is 45.9 Å². The first-order chi connectivity index (χ1) is 11.7. The van der Waals surface area contributed by atoms with Crippen LogP contribution in [0.5, 0.6) is 0 Å². The van der Waals surface area contributed by atoms with Crippen LogP contribution >= 0.6 is 0 Å². The molecule has 2 rings (SSSR count). The minimum atomic E-state index is -3.81. The van der Waals surface area contributed by atoms with Crippen molar-refractivity contribution in [1.29, 1.82) is 0 Å². The second-order valence-electron chi connectivity index (χ2n) is 5.83. The van der Waals surface area contributed by atoms with Crippen molar-refractivity contribution in [1.82, 2.24) is 9.80 Å². The topological polar surface area (TPSA) is 134 Å². The van der Waals surface area contributed by atoms with Gasteiger partial charge in [0, 0.05) is 32.7 Å². The monoisotopic (exact) mass is 404 g/mol. The van der Waals surface area contributed by atoms with Gasteiger partial charge in [-0.2, -0.15) is 16.8 Å². The molecule has 0 amide bonds. The van der Waals surface area contributed by atoms with Crippen LogP contribution in [0.4, 0.5) is 0 Å². The van der Waals surface area contributed by atoms with Crippen LogP contribution in [-0.4, -0.2) is 113 Å². The third-order valence-electron chi connectivity index (χ3n) is 3.75. The Kier molecular flexibility index (Phi) is 10.3. The van der Waals surface area contributed by atoms with E-state index in [1.807, 2.05) is 4.90 Å². The Morgan fingerprint density at radius 1 is 0.680 bits per heavy atom. The summed E-state index contributed by atoms with van der Waals surface area (Å²) in [5.41, 5.74) is 0. The fraction of sp³-hybridized carbons (Fsp3) is 1.00. The lowest BCUT2D eigenvalue weighted by Crippen LogP contribution is -2.38. The van der Waals surface area contributed by atoms with Crippen molar-refractivity contribution in [3.63, 3.8) is 0 Å². The van der Waals surface area contributed by atoms with E-state index in [9.17, 15) is 16.8 Å². The van der Waals surface area contributed by atoms with Gasteiger partial charge in [0.1, 0.15) is 0 Å². The van der Waals surface area contributed by atoms with Crippen molar-refractivity contribution < 1.29 is 35.4 Å². The van der Waals surface area contributed by atoms with E-state index >= 15 is 0 Å². The molecule has 150 valence electrons. The van der Waals surface area contributed by atoms with E-state index in [1.54, 1.807) is 0 Å². The summed E-state index contributed by atoms with van der Waals surface area (Å²) >= 11 is 0. The zero-order chi connectivity index (χ0) is 18.8. The summed E-state index contributed by atoms with van der Waals surface area (Å²) in [7, 11) is -7.59. The Bertz CT molecular complexity index is 555. The molecule has 0 spiro atoms. The van der Waals surface area contributed by atoms with Gasteiger partial charge in [0.05, 0.1) is 37.9 Å². The molecule has 2 fully saturated rings. The minimum absolute atomic E-state index is 0.148. The van der Waals surface area contributed by atoms with Gasteiger partial charge in [0.2, 0.25) is 0 Å². The van der Waals surface area contributed by atoms with Gasteiger partial charge in [-0.15, -0.1) is 0 Å². The Hall–Kier alpha value is -0.340. The van der Waals surface area contributed by atoms with Crippen LogP contribution in [0.2, 0.25) is 0 Å². The lowest BCUT2D eigenvalue weighted by atomic mass is 10.4. The van der Waals surface area contributed by atoms with Crippen LogP contribution in [0, 0.1) is 0 Å². The summed E-state index contributed by atoms with van der Waals surface area (Å²) in [6.07, 6.45) is 0.485. The quantitative estimate of drug-likeness (QED) is 0.498. The van der Waals surface area contributed by atoms with Gasteiger partial charge in [-0.25, -0.2) is 0 Å². The maximum atomic E-state index is 10.4. The summed E-state index contributed by atoms with van der Waals surface area (Å²) < 4.78 is 68.7. The third-order valence-corrected chi connectivity index (χ3v) is 5.25. The van der Waals surface area contributed by atoms with Gasteiger partial charge < -0.3 is 9.47 Å². The summed E-state index contributed by atoms with van der Waals surface area (Å²) in [4.78, 5) is 4.09. The lowest BCUT2D eigenvalue weighted by Gasteiger charge is -2.26. The van der Waals surface area contributed by atoms with Crippen LogP contribution in [-0.2, 0) is 29.7 Å². The van der Waals surface area contributed by atoms with Crippen molar-refractivity contribution in [2.75, 3.05) is 77.2 Å². The van der Waals surface area contributed by atoms with E-state index in [-0.39, 0.29) is 11.5 Å². The average Bonchev–Trinajstić information content (AvgIpc) is 2.54. The highest BCUT2D eigenvalue weighted by Crippen LogP contribution is 1.99. The van der Waals surface area contributed by atoms with Gasteiger partial charge in [-0.3, -0.25) is 18.9 Å². The molecule has 25 heavy (non-hydrogen) atoms. The third kappa shape index (κ3) is 13.5. The van der Waals surface area contributed by atoms with Gasteiger partial charge in [-0.05, 0) is 13.0 Å². The standard InChI is InChI=1S/C7H15NO4S.C6H13NO4S/c9-13(10,11)7-1-2-8-3-5-12-6-4-8;8-12(9,10)6-3-7-1-4-11-5-2-7/h1-7H2,(H,9,10,11);1-6H2,(H,8,9,10). The molecule has 0 unspecified atom stereocenters. The van der Waals surface area contributed by atoms with E-state index in [2.05, 4.69) is 4.90 Å². The summed E-state index contributed by atoms with van der Waals surface area (Å²) in [6.45, 7) is 7.02. The lowest BCUT2D eigenvalue weighted by molar-refractivity contribution is 0.0380. The predicted molar refractivity (Wildman–Crippen MR) is 92.0 cm³/mol. The molecule has 2 aliphatic heterocycles. The average molecular weight is 405 g/mol. The second-order valence-corrected chi connectivity index (χ2v) is 8.98. The SMILES string of the molecule is O=S(=O)(O)CCCN1CCOCC1.O=S(=O)(O)CCN1CCOCC1. The highest BCUT2D eigenvalue weighted by Gasteiger charge is 2.13. The molecule has 2 heterocycles. The molecule has 2 N–H and O–H groups in total. The molecule has 0 aromatic rings. The van der Waals surface area contributed by atoms with E-state index in [0.717, 1.165) is 26.2 Å². The number of ether oxygens (including phenoxy) is 2. The first kappa shape index (κ1) is 22.7. The fourth-order valence-corrected chi connectivity index (χ4v) is 3.35. The highest BCUT2D eigenvalue weighted by atomic mass is 32.2. The number of morpholine rings is 2. The zero-order valence-electron chi connectivity index (χ0n) is 14.2. The first-order valence-electron chi connectivity index (χ1n) is 8.16. The van der Waals surface area contributed by atoms with Crippen molar-refractivity contribution in [3.05, 3.63) is 0 Å². The number of nitrogens with zero attached hydrogens (tertiary/aromatic N) is 2. The van der Waals surface area contributed by atoms with E-state index in [4.69, 9.17) is 18.6 Å². The van der Waals surface area contributed by atoms with Crippen LogP contribution < -0.4 is 0 Å². The molecule has 0 bridgehead atoms. The van der Waals surface area contributed by atoms with Crippen LogP contribution in [0.25, 0.3) is 0 Å². The Morgan fingerprint density at radius 2 is 1.08 bits per heavy atom. The Balaban J connectivity index is 0.000000251. The van der Waals surface area contributed by atoms with Crippen LogP contribution in [0.3, 0.4) is 0 Å². The molecular weight excluding hydrogens is 376 g/mol. The Labute approximate surface area is 149 Å². The van der Waals surface area contributed by atoms with E-state index < -0.39 is 20.2 Å². The largest absolute Gasteiger partial charge is 0.379 e. The van der Waals surface area contributed by atoms with Crippen molar-refractivity contribution in [2.45, 2.75) is 6.42 Å². The molecule has 12 heteroatoms. The van der Waals surface area contributed by atoms with Crippen LogP contribution in [0.15, 0.2) is 0 Å². The predicted octanol–water partition coefficient (Wildman–Crippen LogP) is -1.20. The summed E-state index contributed by atoms with van der Waals surface area (Å²) in [5.74, 6) is -0.336. The van der Waals surface area contributed by atoms with Crippen molar-refractivity contribution >= 4 is 20.2 Å². The van der Waals surface area contributed by atoms with Crippen molar-refractivity contribution in [3.8, 4) is 0 Å². The smallest absolute Gasteiger partial charge is 0.266 e. The van der Waals surface area contributed by atoms with E-state index in [1.165, 1.54) is 0 Å². The maximum absolute atomic E-state index is 10.4. The van der Waals surface area contributed by atoms with Gasteiger partial charge in [-0.1, -0.05) is 0 Å². The molecule has 10 nitrogen and oxygen atoms in total. The van der Waals surface area contributed by atoms with Gasteiger partial charge in [0.15, 0.2) is 0 Å². The molecule has 0 aliphatic carbocycles. The molecule has 2 aliphatic rings. The first-order valence-corrected chi connectivity index (χ1v) is 11.4. The number of hydrogen-bond donors (Lipinski definition) is 2. The van der Waals surface area contributed by atoms with Gasteiger partial charge in [0.25, 0.3) is 20.2 Å². The normalized spacial score (nSPS) is 20.7. The molecule has 2 saturated heterocycles. The molecular formula is C13H28N2O8S2. The molecule has 0 radical (unpaired) electrons. The number of hydrogen-bond acceptors (Lipinski definition) is 8. The molecule has 0 aromatic carbocycles. The second kappa shape index (κ2) is 11.4. The van der Waals surface area contributed by atoms with Gasteiger partial charge >= 0.3 is 0 Å². The Morgan fingerprint density at radius 3 is 1.48 bits per heavy atom. The fourth-order valence-electron chi connectivity index (χ4n) is 2.36. The molecule has 0 aromatic heterocycles. The maximum Gasteiger partial charge on any atom is 0.266 e. The summed E-state index contributed by atoms with van der Waals surface area (Å²) in [5, 5.41) is 0. The number of rotatable bonds is 7. The highest BCUT2D eigenvalue weighted by molar-refractivity contribution is 7.86. The molecule has 0 atom stereocenters. The van der Waals surface area contributed by atoms with Crippen molar-refractivity contribution in [2.24, 2.45) is 0 Å². The zero-order valence-corrected chi connectivity index (χ0v) is 15.9. The minimum Gasteiger partial charge on any atom is -0.379 e. The van der Waals surface area contributed by atoms with Crippen LogP contribution in [0.1, 0.15) is 6.42 Å². The molecule has 0 saturated carbocycles.